The minimum atomic E-state index is -2.93. The zero-order chi connectivity index (χ0) is 11.4. The third-order valence-corrected chi connectivity index (χ3v) is 2.12. The summed E-state index contributed by atoms with van der Waals surface area (Å²) in [4.78, 5) is 10.9. The summed E-state index contributed by atoms with van der Waals surface area (Å²) >= 11 is 0. The molecular formula is C10H13F2OP. The maximum absolute atomic E-state index is 12.6. The molecule has 0 aliphatic carbocycles. The van der Waals surface area contributed by atoms with Gasteiger partial charge in [-0.05, 0) is 19.4 Å². The molecule has 0 spiro atoms. The molecule has 0 aromatic rings. The van der Waals surface area contributed by atoms with E-state index in [9.17, 15) is 13.6 Å². The van der Waals surface area contributed by atoms with Crippen LogP contribution in [0.15, 0.2) is 36.0 Å². The maximum atomic E-state index is 12.6. The van der Waals surface area contributed by atoms with Crippen molar-refractivity contribution in [2.75, 3.05) is 0 Å². The van der Waals surface area contributed by atoms with E-state index in [1.165, 1.54) is 41.3 Å². The molecule has 78 valence electrons. The van der Waals surface area contributed by atoms with Crippen LogP contribution < -0.4 is 0 Å². The Morgan fingerprint density at radius 3 is 2.14 bits per heavy atom. The van der Waals surface area contributed by atoms with Crippen LogP contribution in [-0.4, -0.2) is 11.4 Å². The summed E-state index contributed by atoms with van der Waals surface area (Å²) in [5.41, 5.74) is -2.73. The Morgan fingerprint density at radius 2 is 1.86 bits per heavy atom. The van der Waals surface area contributed by atoms with Gasteiger partial charge in [0.25, 0.3) is 5.66 Å². The van der Waals surface area contributed by atoms with Crippen molar-refractivity contribution in [1.29, 1.82) is 0 Å². The molecule has 0 aliphatic heterocycles. The first kappa shape index (κ1) is 13.2. The Bertz CT molecular complexity index is 298. The number of rotatable bonds is 4. The predicted octanol–water partition coefficient (Wildman–Crippen LogP) is 3.10. The zero-order valence-corrected chi connectivity index (χ0v) is 9.34. The van der Waals surface area contributed by atoms with Gasteiger partial charge in [0.1, 0.15) is 0 Å². The summed E-state index contributed by atoms with van der Waals surface area (Å²) in [6.07, 6.45) is 3.89. The quantitative estimate of drug-likeness (QED) is 0.402. The van der Waals surface area contributed by atoms with E-state index in [2.05, 4.69) is 6.58 Å². The van der Waals surface area contributed by atoms with Crippen LogP contribution >= 0.6 is 9.24 Å². The highest BCUT2D eigenvalue weighted by Gasteiger charge is 2.22. The Hall–Kier alpha value is -0.820. The molecule has 0 aliphatic rings. The van der Waals surface area contributed by atoms with Crippen LogP contribution in [0, 0.1) is 0 Å². The molecule has 0 aromatic carbocycles. The summed E-state index contributed by atoms with van der Waals surface area (Å²) in [5.74, 6) is -0.198. The molecule has 14 heavy (non-hydrogen) atoms. The van der Waals surface area contributed by atoms with Crippen LogP contribution in [0.5, 0.6) is 0 Å². The van der Waals surface area contributed by atoms with Crippen molar-refractivity contribution < 1.29 is 13.6 Å². The van der Waals surface area contributed by atoms with Crippen LogP contribution in [0.3, 0.4) is 0 Å². The van der Waals surface area contributed by atoms with E-state index in [1.54, 1.807) is 0 Å². The minimum absolute atomic E-state index is 0.122. The number of carbonyl (C=O) groups excluding carboxylic acids is 1. The van der Waals surface area contributed by atoms with E-state index >= 15 is 0 Å². The van der Waals surface area contributed by atoms with Crippen molar-refractivity contribution in [2.24, 2.45) is 0 Å². The molecule has 1 unspecified atom stereocenters. The lowest BCUT2D eigenvalue weighted by molar-refractivity contribution is -0.113. The molecule has 0 rings (SSSR count). The summed E-state index contributed by atoms with van der Waals surface area (Å²) in [6, 6.07) is 0. The smallest absolute Gasteiger partial charge is 0.280 e. The first-order valence-electron chi connectivity index (χ1n) is 3.98. The van der Waals surface area contributed by atoms with Gasteiger partial charge in [-0.2, -0.15) is 8.78 Å². The van der Waals surface area contributed by atoms with E-state index in [4.69, 9.17) is 0 Å². The minimum Gasteiger partial charge on any atom is -0.295 e. The van der Waals surface area contributed by atoms with Crippen LogP contribution in [0.2, 0.25) is 0 Å². The molecule has 0 amide bonds. The Morgan fingerprint density at radius 1 is 1.36 bits per heavy atom. The van der Waals surface area contributed by atoms with Crippen molar-refractivity contribution in [1.82, 2.24) is 0 Å². The van der Waals surface area contributed by atoms with E-state index in [1.807, 2.05) is 0 Å². The van der Waals surface area contributed by atoms with Crippen molar-refractivity contribution in [3.05, 3.63) is 36.0 Å². The van der Waals surface area contributed by atoms with Crippen LogP contribution in [0.1, 0.15) is 13.8 Å². The number of hydrogen-bond donors (Lipinski definition) is 0. The van der Waals surface area contributed by atoms with Gasteiger partial charge < -0.3 is 0 Å². The number of ketones is 1. The van der Waals surface area contributed by atoms with Gasteiger partial charge in [0, 0.05) is 5.57 Å². The number of halogens is 2. The van der Waals surface area contributed by atoms with E-state index in [0.29, 0.717) is 5.57 Å². The lowest BCUT2D eigenvalue weighted by Crippen LogP contribution is -2.05. The summed E-state index contributed by atoms with van der Waals surface area (Å²) in [6.45, 7) is 6.06. The summed E-state index contributed by atoms with van der Waals surface area (Å²) < 4.78 is 25.3. The SMILES string of the molecule is C=C/C(=C\C=C(/C)C(F)(F)P)C(C)=O. The molecule has 0 radical (unpaired) electrons. The third kappa shape index (κ3) is 4.43. The summed E-state index contributed by atoms with van der Waals surface area (Å²) in [7, 11) is 1.43. The van der Waals surface area contributed by atoms with E-state index in [0.717, 1.165) is 0 Å². The van der Waals surface area contributed by atoms with E-state index < -0.39 is 5.66 Å². The largest absolute Gasteiger partial charge is 0.295 e. The van der Waals surface area contributed by atoms with Crippen LogP contribution in [0.25, 0.3) is 0 Å². The molecule has 0 saturated heterocycles. The van der Waals surface area contributed by atoms with Gasteiger partial charge >= 0.3 is 0 Å². The predicted molar refractivity (Wildman–Crippen MR) is 57.4 cm³/mol. The van der Waals surface area contributed by atoms with Gasteiger partial charge in [-0.3, -0.25) is 4.79 Å². The van der Waals surface area contributed by atoms with Gasteiger partial charge in [-0.15, -0.1) is 0 Å². The monoisotopic (exact) mass is 218 g/mol. The van der Waals surface area contributed by atoms with Crippen molar-refractivity contribution in [3.8, 4) is 0 Å². The average Bonchev–Trinajstić information content (AvgIpc) is 2.02. The number of carbonyl (C=O) groups is 1. The van der Waals surface area contributed by atoms with Crippen molar-refractivity contribution >= 4 is 15.0 Å². The second-order valence-electron chi connectivity index (χ2n) is 2.85. The molecule has 0 fully saturated rings. The molecule has 4 heteroatoms. The first-order valence-corrected chi connectivity index (χ1v) is 4.56. The number of allylic oxidation sites excluding steroid dienone is 5. The van der Waals surface area contributed by atoms with Crippen molar-refractivity contribution in [2.45, 2.75) is 19.5 Å². The Kier molecular flexibility index (Phi) is 4.86. The second kappa shape index (κ2) is 5.16. The van der Waals surface area contributed by atoms with Crippen LogP contribution in [-0.2, 0) is 4.79 Å². The molecule has 0 N–H and O–H groups in total. The topological polar surface area (TPSA) is 17.1 Å². The van der Waals surface area contributed by atoms with Crippen molar-refractivity contribution in [3.63, 3.8) is 0 Å². The normalized spacial score (nSPS) is 14.1. The second-order valence-corrected chi connectivity index (χ2v) is 3.58. The number of Topliss-reactive ketones (excluding diaryl/α,β-unsaturated/α-hetero) is 1. The third-order valence-electron chi connectivity index (χ3n) is 1.67. The zero-order valence-electron chi connectivity index (χ0n) is 8.18. The molecular weight excluding hydrogens is 205 g/mol. The van der Waals surface area contributed by atoms with Gasteiger partial charge in [0.2, 0.25) is 0 Å². The first-order chi connectivity index (χ1) is 6.29. The Labute approximate surface area is 84.8 Å². The fourth-order valence-corrected chi connectivity index (χ4v) is 0.751. The Balaban J connectivity index is 4.85. The van der Waals surface area contributed by atoms with Gasteiger partial charge in [0.15, 0.2) is 5.78 Å². The molecule has 1 atom stereocenters. The highest BCUT2D eigenvalue weighted by molar-refractivity contribution is 7.18. The highest BCUT2D eigenvalue weighted by Crippen LogP contribution is 2.30. The number of hydrogen-bond acceptors (Lipinski definition) is 1. The van der Waals surface area contributed by atoms with Gasteiger partial charge in [0.05, 0.1) is 0 Å². The maximum Gasteiger partial charge on any atom is 0.280 e. The van der Waals surface area contributed by atoms with E-state index in [-0.39, 0.29) is 11.4 Å². The molecule has 0 heterocycles. The molecule has 0 saturated carbocycles. The molecule has 1 nitrogen and oxygen atoms in total. The highest BCUT2D eigenvalue weighted by atomic mass is 31.0. The molecule has 0 aromatic heterocycles. The fraction of sp³-hybridized carbons (Fsp3) is 0.300. The lowest BCUT2D eigenvalue weighted by Gasteiger charge is -2.09. The van der Waals surface area contributed by atoms with Gasteiger partial charge in [-0.25, -0.2) is 0 Å². The summed E-state index contributed by atoms with van der Waals surface area (Å²) in [5, 5.41) is 0. The average molecular weight is 218 g/mol. The standard InChI is InChI=1S/C10H13F2OP/c1-4-9(8(3)13)6-5-7(2)10(11,12)14/h4-6H,1,14H2,2-3H3/b7-5+,9-6+. The lowest BCUT2D eigenvalue weighted by atomic mass is 10.1. The van der Waals surface area contributed by atoms with Gasteiger partial charge in [-0.1, -0.05) is 34.0 Å². The number of alkyl halides is 2. The van der Waals surface area contributed by atoms with Crippen LogP contribution in [0.4, 0.5) is 8.78 Å². The molecule has 0 bridgehead atoms. The fourth-order valence-electron chi connectivity index (χ4n) is 0.655.